The van der Waals surface area contributed by atoms with Gasteiger partial charge in [0.15, 0.2) is 5.82 Å². The summed E-state index contributed by atoms with van der Waals surface area (Å²) in [4.78, 5) is 8.74. The minimum absolute atomic E-state index is 0.479. The zero-order chi connectivity index (χ0) is 16.1. The Morgan fingerprint density at radius 2 is 1.74 bits per heavy atom. The van der Waals surface area contributed by atoms with Crippen LogP contribution in [-0.4, -0.2) is 29.3 Å². The van der Waals surface area contributed by atoms with Gasteiger partial charge in [0.25, 0.3) is 0 Å². The zero-order valence-corrected chi connectivity index (χ0v) is 13.0. The van der Waals surface area contributed by atoms with E-state index in [2.05, 4.69) is 15.1 Å². The molecule has 0 unspecified atom stereocenters. The highest BCUT2D eigenvalue weighted by atomic mass is 16.5. The van der Waals surface area contributed by atoms with Gasteiger partial charge < -0.3 is 14.0 Å². The Kier molecular flexibility index (Phi) is 4.52. The molecule has 6 heteroatoms. The summed E-state index contributed by atoms with van der Waals surface area (Å²) in [5.41, 5.74) is 1.92. The van der Waals surface area contributed by atoms with Gasteiger partial charge in [0.1, 0.15) is 5.75 Å². The number of aromatic nitrogens is 3. The fourth-order valence-electron chi connectivity index (χ4n) is 2.18. The largest absolute Gasteiger partial charge is 0.497 e. The van der Waals surface area contributed by atoms with Crippen molar-refractivity contribution in [2.45, 2.75) is 12.8 Å². The molecule has 0 spiro atoms. The summed E-state index contributed by atoms with van der Waals surface area (Å²) in [6.07, 6.45) is 1.09. The number of hydrogen-bond donors (Lipinski definition) is 0. The number of methoxy groups -OCH3 is 2. The molecule has 3 aromatic rings. The Balaban J connectivity index is 1.67. The third-order valence-corrected chi connectivity index (χ3v) is 3.35. The molecule has 0 atom stereocenters. The van der Waals surface area contributed by atoms with Gasteiger partial charge in [-0.1, -0.05) is 23.4 Å². The predicted octanol–water partition coefficient (Wildman–Crippen LogP) is 2.66. The van der Waals surface area contributed by atoms with Crippen molar-refractivity contribution in [3.63, 3.8) is 0 Å². The molecule has 2 aromatic heterocycles. The number of rotatable bonds is 6. The van der Waals surface area contributed by atoms with Gasteiger partial charge in [0, 0.05) is 12.5 Å². The quantitative estimate of drug-likeness (QED) is 0.697. The Labute approximate surface area is 134 Å². The standard InChI is InChI=1S/C17H17N3O3/c1-21-14-8-6-12(7-9-14)10-15-19-17(23-20-15)11-13-4-3-5-16(18-13)22-2/h3-9H,10-11H2,1-2H3. The molecule has 6 nitrogen and oxygen atoms in total. The number of ether oxygens (including phenoxy) is 2. The van der Waals surface area contributed by atoms with E-state index in [9.17, 15) is 0 Å². The van der Waals surface area contributed by atoms with Crippen LogP contribution in [0.3, 0.4) is 0 Å². The van der Waals surface area contributed by atoms with Gasteiger partial charge in [-0.05, 0) is 23.8 Å². The van der Waals surface area contributed by atoms with Crippen molar-refractivity contribution >= 4 is 0 Å². The Morgan fingerprint density at radius 3 is 2.48 bits per heavy atom. The second kappa shape index (κ2) is 6.91. The molecule has 0 saturated carbocycles. The second-order valence-electron chi connectivity index (χ2n) is 4.98. The van der Waals surface area contributed by atoms with Crippen LogP contribution in [0.25, 0.3) is 0 Å². The fourth-order valence-corrected chi connectivity index (χ4v) is 2.18. The monoisotopic (exact) mass is 311 g/mol. The van der Waals surface area contributed by atoms with E-state index in [1.165, 1.54) is 0 Å². The Morgan fingerprint density at radius 1 is 0.913 bits per heavy atom. The van der Waals surface area contributed by atoms with Crippen LogP contribution in [0.1, 0.15) is 23.0 Å². The Bertz CT molecular complexity index is 769. The highest BCUT2D eigenvalue weighted by molar-refractivity contribution is 5.28. The molecule has 0 amide bonds. The summed E-state index contributed by atoms with van der Waals surface area (Å²) in [5.74, 6) is 2.58. The van der Waals surface area contributed by atoms with E-state index in [1.54, 1.807) is 20.3 Å². The van der Waals surface area contributed by atoms with E-state index >= 15 is 0 Å². The minimum atomic E-state index is 0.479. The van der Waals surface area contributed by atoms with E-state index in [-0.39, 0.29) is 0 Å². The lowest BCUT2D eigenvalue weighted by atomic mass is 10.1. The van der Waals surface area contributed by atoms with Crippen molar-refractivity contribution in [2.24, 2.45) is 0 Å². The average Bonchev–Trinajstić information content (AvgIpc) is 3.02. The first-order valence-electron chi connectivity index (χ1n) is 7.21. The third kappa shape index (κ3) is 3.85. The second-order valence-corrected chi connectivity index (χ2v) is 4.98. The SMILES string of the molecule is COc1ccc(Cc2noc(Cc3cccc(OC)n3)n2)cc1. The fraction of sp³-hybridized carbons (Fsp3) is 0.235. The van der Waals surface area contributed by atoms with Crippen molar-refractivity contribution in [3.05, 3.63) is 65.4 Å². The van der Waals surface area contributed by atoms with Crippen molar-refractivity contribution in [3.8, 4) is 11.6 Å². The molecule has 0 aliphatic carbocycles. The summed E-state index contributed by atoms with van der Waals surface area (Å²) in [6, 6.07) is 13.4. The highest BCUT2D eigenvalue weighted by Gasteiger charge is 2.09. The van der Waals surface area contributed by atoms with Gasteiger partial charge in [-0.15, -0.1) is 0 Å². The molecule has 0 aliphatic heterocycles. The van der Waals surface area contributed by atoms with Crippen LogP contribution in [0.15, 0.2) is 47.0 Å². The number of hydrogen-bond acceptors (Lipinski definition) is 6. The summed E-state index contributed by atoms with van der Waals surface area (Å²) >= 11 is 0. The van der Waals surface area contributed by atoms with Gasteiger partial charge in [-0.2, -0.15) is 4.98 Å². The van der Waals surface area contributed by atoms with Gasteiger partial charge >= 0.3 is 0 Å². The maximum absolute atomic E-state index is 5.29. The van der Waals surface area contributed by atoms with E-state index in [0.29, 0.717) is 30.4 Å². The summed E-state index contributed by atoms with van der Waals surface area (Å²) in [6.45, 7) is 0. The van der Waals surface area contributed by atoms with E-state index in [1.807, 2.05) is 36.4 Å². The van der Waals surface area contributed by atoms with Crippen LogP contribution in [0.2, 0.25) is 0 Å². The summed E-state index contributed by atoms with van der Waals surface area (Å²) in [7, 11) is 3.23. The maximum Gasteiger partial charge on any atom is 0.232 e. The molecule has 1 aromatic carbocycles. The van der Waals surface area contributed by atoms with Crippen molar-refractivity contribution < 1.29 is 14.0 Å². The molecular weight excluding hydrogens is 294 g/mol. The average molecular weight is 311 g/mol. The molecule has 0 aliphatic rings. The van der Waals surface area contributed by atoms with Gasteiger partial charge in [0.2, 0.25) is 11.8 Å². The van der Waals surface area contributed by atoms with Gasteiger partial charge in [0.05, 0.1) is 26.3 Å². The molecule has 118 valence electrons. The van der Waals surface area contributed by atoms with Crippen LogP contribution in [0.4, 0.5) is 0 Å². The van der Waals surface area contributed by atoms with Crippen LogP contribution in [-0.2, 0) is 12.8 Å². The number of nitrogens with zero attached hydrogens (tertiary/aromatic N) is 3. The first kappa shape index (κ1) is 15.0. The van der Waals surface area contributed by atoms with E-state index in [0.717, 1.165) is 17.0 Å². The van der Waals surface area contributed by atoms with Gasteiger partial charge in [-0.25, -0.2) is 4.98 Å². The van der Waals surface area contributed by atoms with Crippen molar-refractivity contribution in [1.82, 2.24) is 15.1 Å². The van der Waals surface area contributed by atoms with Crippen LogP contribution < -0.4 is 9.47 Å². The predicted molar refractivity (Wildman–Crippen MR) is 83.7 cm³/mol. The van der Waals surface area contributed by atoms with Crippen LogP contribution in [0, 0.1) is 0 Å². The molecule has 0 radical (unpaired) electrons. The third-order valence-electron chi connectivity index (χ3n) is 3.35. The van der Waals surface area contributed by atoms with E-state index < -0.39 is 0 Å². The van der Waals surface area contributed by atoms with Crippen LogP contribution in [0.5, 0.6) is 11.6 Å². The molecular formula is C17H17N3O3. The highest BCUT2D eigenvalue weighted by Crippen LogP contribution is 2.15. The molecule has 2 heterocycles. The lowest BCUT2D eigenvalue weighted by molar-refractivity contribution is 0.376. The molecule has 3 rings (SSSR count). The summed E-state index contributed by atoms with van der Waals surface area (Å²) < 4.78 is 15.5. The molecule has 0 fully saturated rings. The van der Waals surface area contributed by atoms with Crippen molar-refractivity contribution in [1.29, 1.82) is 0 Å². The smallest absolute Gasteiger partial charge is 0.232 e. The van der Waals surface area contributed by atoms with Gasteiger partial charge in [-0.3, -0.25) is 0 Å². The van der Waals surface area contributed by atoms with Crippen LogP contribution >= 0.6 is 0 Å². The molecule has 0 N–H and O–H groups in total. The normalized spacial score (nSPS) is 10.5. The van der Waals surface area contributed by atoms with Crippen molar-refractivity contribution in [2.75, 3.05) is 14.2 Å². The minimum Gasteiger partial charge on any atom is -0.497 e. The number of pyridine rings is 1. The lowest BCUT2D eigenvalue weighted by Gasteiger charge is -2.01. The first-order chi connectivity index (χ1) is 11.3. The summed E-state index contributed by atoms with van der Waals surface area (Å²) in [5, 5.41) is 4.02. The molecule has 0 bridgehead atoms. The first-order valence-corrected chi connectivity index (χ1v) is 7.21. The molecule has 0 saturated heterocycles. The molecule has 23 heavy (non-hydrogen) atoms. The Hall–Kier alpha value is -2.89. The number of benzene rings is 1. The van der Waals surface area contributed by atoms with E-state index in [4.69, 9.17) is 14.0 Å². The zero-order valence-electron chi connectivity index (χ0n) is 13.0. The lowest BCUT2D eigenvalue weighted by Crippen LogP contribution is -1.96. The topological polar surface area (TPSA) is 70.3 Å². The maximum atomic E-state index is 5.29.